The van der Waals surface area contributed by atoms with Gasteiger partial charge in [-0.1, -0.05) is 42.5 Å². The van der Waals surface area contributed by atoms with Crippen LogP contribution in [0.2, 0.25) is 0 Å². The van der Waals surface area contributed by atoms with Crippen molar-refractivity contribution in [3.8, 4) is 0 Å². The Morgan fingerprint density at radius 1 is 1.07 bits per heavy atom. The molecule has 2 atom stereocenters. The maximum Gasteiger partial charge on any atom is 0.310 e. The molecule has 0 radical (unpaired) electrons. The van der Waals surface area contributed by atoms with E-state index in [2.05, 4.69) is 4.40 Å². The Bertz CT molecular complexity index is 1000. The second-order valence-electron chi connectivity index (χ2n) is 6.85. The highest BCUT2D eigenvalue weighted by Gasteiger charge is 2.38. The summed E-state index contributed by atoms with van der Waals surface area (Å²) in [6, 6.07) is 16.8. The molecule has 0 N–H and O–H groups in total. The number of benzene rings is 2. The zero-order valence-corrected chi connectivity index (χ0v) is 15.7. The SMILES string of the molecule is COC(=O)[C@H]1C[C@@H](c2ccccc2)CN(C2=NS(=O)(=O)c3ccccc32)C1. The molecule has 1 fully saturated rings. The quantitative estimate of drug-likeness (QED) is 0.743. The van der Waals surface area contributed by atoms with Crippen LogP contribution in [0.4, 0.5) is 0 Å². The maximum atomic E-state index is 12.4. The third kappa shape index (κ3) is 3.23. The summed E-state index contributed by atoms with van der Waals surface area (Å²) in [5.74, 6) is -0.121. The van der Waals surface area contributed by atoms with Crippen LogP contribution < -0.4 is 0 Å². The number of ether oxygens (including phenoxy) is 1. The van der Waals surface area contributed by atoms with E-state index in [1.54, 1.807) is 24.3 Å². The number of carbonyl (C=O) groups is 1. The lowest BCUT2D eigenvalue weighted by atomic mass is 9.84. The molecular weight excluding hydrogens is 364 g/mol. The first-order valence-corrected chi connectivity index (χ1v) is 10.3. The Labute approximate surface area is 158 Å². The zero-order chi connectivity index (χ0) is 19.0. The number of nitrogens with zero attached hydrogens (tertiary/aromatic N) is 2. The molecule has 2 aliphatic heterocycles. The number of hydrogen-bond acceptors (Lipinski definition) is 5. The Hall–Kier alpha value is -2.67. The summed E-state index contributed by atoms with van der Waals surface area (Å²) in [6.07, 6.45) is 0.662. The third-order valence-electron chi connectivity index (χ3n) is 5.17. The summed E-state index contributed by atoms with van der Waals surface area (Å²) < 4.78 is 33.8. The van der Waals surface area contributed by atoms with Gasteiger partial charge in [-0.25, -0.2) is 0 Å². The van der Waals surface area contributed by atoms with E-state index < -0.39 is 10.0 Å². The summed E-state index contributed by atoms with van der Waals surface area (Å²) in [6.45, 7) is 0.985. The average molecular weight is 384 g/mol. The Morgan fingerprint density at radius 2 is 1.78 bits per heavy atom. The van der Waals surface area contributed by atoms with Crippen molar-refractivity contribution in [2.24, 2.45) is 10.3 Å². The van der Waals surface area contributed by atoms with Crippen molar-refractivity contribution in [3.63, 3.8) is 0 Å². The molecule has 0 amide bonds. The van der Waals surface area contributed by atoms with Gasteiger partial charge >= 0.3 is 5.97 Å². The van der Waals surface area contributed by atoms with Crippen molar-refractivity contribution < 1.29 is 17.9 Å². The normalized spacial score (nSPS) is 23.4. The van der Waals surface area contributed by atoms with Gasteiger partial charge in [0.25, 0.3) is 10.0 Å². The van der Waals surface area contributed by atoms with Gasteiger partial charge in [0, 0.05) is 24.6 Å². The second-order valence-corrected chi connectivity index (χ2v) is 8.43. The minimum atomic E-state index is -3.70. The summed E-state index contributed by atoms with van der Waals surface area (Å²) in [4.78, 5) is 14.4. The van der Waals surface area contributed by atoms with E-state index in [9.17, 15) is 13.2 Å². The van der Waals surface area contributed by atoms with Crippen molar-refractivity contribution in [1.29, 1.82) is 0 Å². The highest BCUT2D eigenvalue weighted by molar-refractivity contribution is 7.90. The molecule has 0 bridgehead atoms. The molecule has 0 aliphatic carbocycles. The number of esters is 1. The molecule has 0 aromatic heterocycles. The first-order valence-electron chi connectivity index (χ1n) is 8.81. The van der Waals surface area contributed by atoms with Gasteiger partial charge in [0.15, 0.2) is 5.84 Å². The molecular formula is C20H20N2O4S. The number of hydrogen-bond donors (Lipinski definition) is 0. The van der Waals surface area contributed by atoms with Crippen LogP contribution in [0.1, 0.15) is 23.5 Å². The zero-order valence-electron chi connectivity index (χ0n) is 14.9. The average Bonchev–Trinajstić information content (AvgIpc) is 2.99. The minimum Gasteiger partial charge on any atom is -0.469 e. The molecule has 2 heterocycles. The lowest BCUT2D eigenvalue weighted by Crippen LogP contribution is -2.45. The first-order chi connectivity index (χ1) is 13.0. The molecule has 0 spiro atoms. The lowest BCUT2D eigenvalue weighted by Gasteiger charge is -2.38. The number of carbonyl (C=O) groups excluding carboxylic acids is 1. The van der Waals surface area contributed by atoms with Gasteiger partial charge in [-0.15, -0.1) is 4.40 Å². The third-order valence-corrected chi connectivity index (χ3v) is 6.49. The predicted molar refractivity (Wildman–Crippen MR) is 101 cm³/mol. The smallest absolute Gasteiger partial charge is 0.310 e. The topological polar surface area (TPSA) is 76.0 Å². The molecule has 0 saturated carbocycles. The fourth-order valence-electron chi connectivity index (χ4n) is 3.89. The van der Waals surface area contributed by atoms with Crippen LogP contribution in [0.15, 0.2) is 63.9 Å². The standard InChI is InChI=1S/C20H20N2O4S/c1-26-20(23)16-11-15(14-7-3-2-4-8-14)12-22(13-16)19-17-9-5-6-10-18(17)27(24,25)21-19/h2-10,15-16H,11-13H2,1H3/t15-,16+/m1/s1. The van der Waals surface area contributed by atoms with E-state index in [0.29, 0.717) is 30.9 Å². The van der Waals surface area contributed by atoms with Crippen LogP contribution in [0.3, 0.4) is 0 Å². The Kier molecular flexibility index (Phi) is 4.47. The van der Waals surface area contributed by atoms with Crippen LogP contribution in [-0.2, 0) is 19.6 Å². The second kappa shape index (κ2) is 6.81. The van der Waals surface area contributed by atoms with E-state index in [4.69, 9.17) is 4.74 Å². The van der Waals surface area contributed by atoms with Crippen molar-refractivity contribution in [1.82, 2.24) is 4.90 Å². The lowest BCUT2D eigenvalue weighted by molar-refractivity contribution is -0.147. The molecule has 1 saturated heterocycles. The summed E-state index contributed by atoms with van der Waals surface area (Å²) in [7, 11) is -2.32. The van der Waals surface area contributed by atoms with Gasteiger partial charge in [0.2, 0.25) is 0 Å². The monoisotopic (exact) mass is 384 g/mol. The largest absolute Gasteiger partial charge is 0.469 e. The summed E-state index contributed by atoms with van der Waals surface area (Å²) in [5.41, 5.74) is 1.71. The molecule has 2 aromatic carbocycles. The molecule has 4 rings (SSSR count). The Balaban J connectivity index is 1.73. The number of sulfonamides is 1. The highest BCUT2D eigenvalue weighted by atomic mass is 32.2. The number of likely N-dealkylation sites (tertiary alicyclic amines) is 1. The highest BCUT2D eigenvalue weighted by Crippen LogP contribution is 2.35. The van der Waals surface area contributed by atoms with Crippen molar-refractivity contribution in [3.05, 3.63) is 65.7 Å². The van der Waals surface area contributed by atoms with Gasteiger partial charge in [-0.05, 0) is 24.1 Å². The van der Waals surface area contributed by atoms with Gasteiger partial charge in [0.1, 0.15) is 4.90 Å². The predicted octanol–water partition coefficient (Wildman–Crippen LogP) is 2.41. The van der Waals surface area contributed by atoms with E-state index in [-0.39, 0.29) is 22.7 Å². The van der Waals surface area contributed by atoms with Crippen molar-refractivity contribution >= 4 is 21.8 Å². The van der Waals surface area contributed by atoms with Crippen LogP contribution in [0, 0.1) is 5.92 Å². The van der Waals surface area contributed by atoms with Crippen LogP contribution >= 0.6 is 0 Å². The molecule has 7 heteroatoms. The summed E-state index contributed by atoms with van der Waals surface area (Å²) >= 11 is 0. The molecule has 140 valence electrons. The van der Waals surface area contributed by atoms with E-state index in [0.717, 1.165) is 5.56 Å². The fraction of sp³-hybridized carbons (Fsp3) is 0.300. The van der Waals surface area contributed by atoms with E-state index in [1.165, 1.54) is 7.11 Å². The molecule has 27 heavy (non-hydrogen) atoms. The van der Waals surface area contributed by atoms with Crippen molar-refractivity contribution in [2.75, 3.05) is 20.2 Å². The number of amidine groups is 1. The molecule has 0 unspecified atom stereocenters. The van der Waals surface area contributed by atoms with Gasteiger partial charge in [-0.3, -0.25) is 4.79 Å². The maximum absolute atomic E-state index is 12.4. The van der Waals surface area contributed by atoms with Gasteiger partial charge in [-0.2, -0.15) is 8.42 Å². The molecule has 6 nitrogen and oxygen atoms in total. The Morgan fingerprint density at radius 3 is 2.52 bits per heavy atom. The number of fused-ring (bicyclic) bond motifs is 1. The number of piperidine rings is 1. The van der Waals surface area contributed by atoms with E-state index >= 15 is 0 Å². The number of rotatable bonds is 2. The summed E-state index contributed by atoms with van der Waals surface area (Å²) in [5, 5.41) is 0. The van der Waals surface area contributed by atoms with Crippen LogP contribution in [0.25, 0.3) is 0 Å². The van der Waals surface area contributed by atoms with E-state index in [1.807, 2.05) is 35.2 Å². The molecule has 2 aliphatic rings. The van der Waals surface area contributed by atoms with Crippen LogP contribution in [-0.4, -0.2) is 45.3 Å². The first kappa shape index (κ1) is 17.7. The van der Waals surface area contributed by atoms with Crippen molar-refractivity contribution in [2.45, 2.75) is 17.2 Å². The van der Waals surface area contributed by atoms with Crippen LogP contribution in [0.5, 0.6) is 0 Å². The molecule has 2 aromatic rings. The number of methoxy groups -OCH3 is 1. The van der Waals surface area contributed by atoms with Gasteiger partial charge < -0.3 is 9.64 Å². The fourth-order valence-corrected chi connectivity index (χ4v) is 5.12. The van der Waals surface area contributed by atoms with Gasteiger partial charge in [0.05, 0.1) is 13.0 Å². The minimum absolute atomic E-state index is 0.0854.